The molecule has 0 fully saturated rings. The van der Waals surface area contributed by atoms with Crippen LogP contribution in [-0.4, -0.2) is 40.5 Å². The minimum atomic E-state index is -0.485. The van der Waals surface area contributed by atoms with E-state index in [2.05, 4.69) is 0 Å². The third kappa shape index (κ3) is 4.01. The van der Waals surface area contributed by atoms with Gasteiger partial charge in [-0.1, -0.05) is 11.6 Å². The molecule has 0 amide bonds. The Labute approximate surface area is 111 Å². The lowest BCUT2D eigenvalue weighted by molar-refractivity contribution is 0.190. The standard InChI is InChI=1S/C12H18ClFN2O2/c1-17-5-3-16(4-6-18-2)12-8-10(14)9(13)7-11(12)15/h7-8H,3-6,15H2,1-2H3. The zero-order valence-corrected chi connectivity index (χ0v) is 11.3. The molecule has 2 N–H and O–H groups in total. The number of hydrogen-bond donors (Lipinski definition) is 1. The molecule has 0 aliphatic heterocycles. The first-order valence-corrected chi connectivity index (χ1v) is 5.95. The highest BCUT2D eigenvalue weighted by atomic mass is 35.5. The van der Waals surface area contributed by atoms with Gasteiger partial charge in [0.15, 0.2) is 0 Å². The Kier molecular flexibility index (Phi) is 6.18. The molecule has 0 heterocycles. The molecule has 0 aliphatic carbocycles. The van der Waals surface area contributed by atoms with Gasteiger partial charge in [-0.3, -0.25) is 0 Å². The summed E-state index contributed by atoms with van der Waals surface area (Å²) in [4.78, 5) is 1.90. The summed E-state index contributed by atoms with van der Waals surface area (Å²) in [5.41, 5.74) is 6.90. The molecule has 0 unspecified atom stereocenters. The zero-order valence-electron chi connectivity index (χ0n) is 10.6. The number of benzene rings is 1. The summed E-state index contributed by atoms with van der Waals surface area (Å²) in [5.74, 6) is -0.485. The highest BCUT2D eigenvalue weighted by molar-refractivity contribution is 6.31. The van der Waals surface area contributed by atoms with Crippen LogP contribution in [0.15, 0.2) is 12.1 Å². The van der Waals surface area contributed by atoms with Gasteiger partial charge in [-0.05, 0) is 6.07 Å². The molecule has 4 nitrogen and oxygen atoms in total. The van der Waals surface area contributed by atoms with Gasteiger partial charge in [0.25, 0.3) is 0 Å². The lowest BCUT2D eigenvalue weighted by Crippen LogP contribution is -2.31. The van der Waals surface area contributed by atoms with Crippen LogP contribution in [-0.2, 0) is 9.47 Å². The predicted molar refractivity (Wildman–Crippen MR) is 71.8 cm³/mol. The van der Waals surface area contributed by atoms with Gasteiger partial charge in [-0.15, -0.1) is 0 Å². The first kappa shape index (κ1) is 15.0. The van der Waals surface area contributed by atoms with Crippen LogP contribution in [0.3, 0.4) is 0 Å². The Morgan fingerprint density at radius 2 is 1.78 bits per heavy atom. The van der Waals surface area contributed by atoms with E-state index >= 15 is 0 Å². The monoisotopic (exact) mass is 276 g/mol. The molecule has 0 aromatic heterocycles. The van der Waals surface area contributed by atoms with Gasteiger partial charge in [0.1, 0.15) is 5.82 Å². The predicted octanol–water partition coefficient (Wildman–Crippen LogP) is 2.16. The van der Waals surface area contributed by atoms with Crippen LogP contribution < -0.4 is 10.6 Å². The molecule has 0 spiro atoms. The number of anilines is 2. The van der Waals surface area contributed by atoms with E-state index in [-0.39, 0.29) is 5.02 Å². The minimum Gasteiger partial charge on any atom is -0.397 e. The van der Waals surface area contributed by atoms with Crippen molar-refractivity contribution in [3.05, 3.63) is 23.0 Å². The van der Waals surface area contributed by atoms with Crippen molar-refractivity contribution >= 4 is 23.0 Å². The Balaban J connectivity index is 2.92. The normalized spacial score (nSPS) is 10.7. The number of nitrogens with zero attached hydrogens (tertiary/aromatic N) is 1. The molecule has 0 bridgehead atoms. The van der Waals surface area contributed by atoms with E-state index in [4.69, 9.17) is 26.8 Å². The van der Waals surface area contributed by atoms with Crippen molar-refractivity contribution < 1.29 is 13.9 Å². The number of nitrogen functional groups attached to an aromatic ring is 1. The second-order valence-electron chi connectivity index (χ2n) is 3.80. The van der Waals surface area contributed by atoms with Crippen molar-refractivity contribution in [3.63, 3.8) is 0 Å². The summed E-state index contributed by atoms with van der Waals surface area (Å²) >= 11 is 5.68. The van der Waals surface area contributed by atoms with E-state index in [0.29, 0.717) is 37.7 Å². The van der Waals surface area contributed by atoms with E-state index in [1.54, 1.807) is 14.2 Å². The quantitative estimate of drug-likeness (QED) is 0.776. The molecule has 0 atom stereocenters. The van der Waals surface area contributed by atoms with Crippen molar-refractivity contribution in [2.75, 3.05) is 51.2 Å². The molecule has 1 aromatic carbocycles. The zero-order chi connectivity index (χ0) is 13.5. The van der Waals surface area contributed by atoms with E-state index in [1.807, 2.05) is 4.90 Å². The maximum atomic E-state index is 13.5. The average molecular weight is 277 g/mol. The average Bonchev–Trinajstić information content (AvgIpc) is 2.35. The molecular formula is C12H18ClFN2O2. The van der Waals surface area contributed by atoms with E-state index in [1.165, 1.54) is 12.1 Å². The molecular weight excluding hydrogens is 259 g/mol. The number of halogens is 2. The minimum absolute atomic E-state index is 0.0229. The molecule has 0 saturated carbocycles. The van der Waals surface area contributed by atoms with Gasteiger partial charge in [0, 0.05) is 33.4 Å². The summed E-state index contributed by atoms with van der Waals surface area (Å²) < 4.78 is 23.5. The number of methoxy groups -OCH3 is 2. The topological polar surface area (TPSA) is 47.7 Å². The maximum absolute atomic E-state index is 13.5. The van der Waals surface area contributed by atoms with Crippen molar-refractivity contribution in [3.8, 4) is 0 Å². The van der Waals surface area contributed by atoms with Gasteiger partial charge in [-0.25, -0.2) is 4.39 Å². The molecule has 0 aliphatic rings. The van der Waals surface area contributed by atoms with Crippen molar-refractivity contribution in [2.45, 2.75) is 0 Å². The smallest absolute Gasteiger partial charge is 0.144 e. The lowest BCUT2D eigenvalue weighted by atomic mass is 10.2. The first-order valence-electron chi connectivity index (χ1n) is 5.57. The Bertz CT molecular complexity index is 383. The molecule has 1 rings (SSSR count). The molecule has 0 radical (unpaired) electrons. The fourth-order valence-electron chi connectivity index (χ4n) is 1.58. The summed E-state index contributed by atoms with van der Waals surface area (Å²) in [6.07, 6.45) is 0. The van der Waals surface area contributed by atoms with Crippen LogP contribution in [0.1, 0.15) is 0 Å². The van der Waals surface area contributed by atoms with Crippen LogP contribution in [0.25, 0.3) is 0 Å². The van der Waals surface area contributed by atoms with Crippen molar-refractivity contribution in [1.29, 1.82) is 0 Å². The Morgan fingerprint density at radius 1 is 1.22 bits per heavy atom. The fraction of sp³-hybridized carbons (Fsp3) is 0.500. The molecule has 6 heteroatoms. The van der Waals surface area contributed by atoms with Crippen LogP contribution >= 0.6 is 11.6 Å². The Hall–Kier alpha value is -1.04. The van der Waals surface area contributed by atoms with Crippen LogP contribution in [0.4, 0.5) is 15.8 Å². The number of nitrogens with two attached hydrogens (primary N) is 1. The molecule has 18 heavy (non-hydrogen) atoms. The van der Waals surface area contributed by atoms with Gasteiger partial charge in [-0.2, -0.15) is 0 Å². The number of hydrogen-bond acceptors (Lipinski definition) is 4. The fourth-order valence-corrected chi connectivity index (χ4v) is 1.75. The van der Waals surface area contributed by atoms with Crippen molar-refractivity contribution in [2.24, 2.45) is 0 Å². The molecule has 102 valence electrons. The number of rotatable bonds is 7. The summed E-state index contributed by atoms with van der Waals surface area (Å²) in [7, 11) is 3.22. The summed E-state index contributed by atoms with van der Waals surface area (Å²) in [5, 5.41) is 0.0229. The van der Waals surface area contributed by atoms with Crippen LogP contribution in [0.2, 0.25) is 5.02 Å². The highest BCUT2D eigenvalue weighted by Crippen LogP contribution is 2.29. The molecule has 1 aromatic rings. The van der Waals surface area contributed by atoms with Crippen LogP contribution in [0, 0.1) is 5.82 Å². The maximum Gasteiger partial charge on any atom is 0.144 e. The van der Waals surface area contributed by atoms with E-state index < -0.39 is 5.82 Å². The van der Waals surface area contributed by atoms with Crippen LogP contribution in [0.5, 0.6) is 0 Å². The van der Waals surface area contributed by atoms with Gasteiger partial charge < -0.3 is 20.1 Å². The van der Waals surface area contributed by atoms with Crippen molar-refractivity contribution in [1.82, 2.24) is 0 Å². The van der Waals surface area contributed by atoms with Gasteiger partial charge in [0.05, 0.1) is 29.6 Å². The summed E-state index contributed by atoms with van der Waals surface area (Å²) in [6.45, 7) is 2.25. The second kappa shape index (κ2) is 7.41. The largest absolute Gasteiger partial charge is 0.397 e. The third-order valence-electron chi connectivity index (χ3n) is 2.54. The first-order chi connectivity index (χ1) is 8.60. The summed E-state index contributed by atoms with van der Waals surface area (Å²) in [6, 6.07) is 2.75. The van der Waals surface area contributed by atoms with Gasteiger partial charge in [0.2, 0.25) is 0 Å². The van der Waals surface area contributed by atoms with E-state index in [9.17, 15) is 4.39 Å². The molecule has 0 saturated heterocycles. The number of ether oxygens (including phenoxy) is 2. The lowest BCUT2D eigenvalue weighted by Gasteiger charge is -2.25. The van der Waals surface area contributed by atoms with E-state index in [0.717, 1.165) is 0 Å². The Morgan fingerprint density at radius 3 is 2.28 bits per heavy atom. The second-order valence-corrected chi connectivity index (χ2v) is 4.20. The highest BCUT2D eigenvalue weighted by Gasteiger charge is 2.13. The van der Waals surface area contributed by atoms with Gasteiger partial charge >= 0.3 is 0 Å². The SMILES string of the molecule is COCCN(CCOC)c1cc(F)c(Cl)cc1N. The third-order valence-corrected chi connectivity index (χ3v) is 2.83.